The maximum atomic E-state index is 11.3. The standard InChI is InChI=1S/C8H12N4O2/c1-6-10-7(14-11-6)5-12-4-2-3-9-8(12)13/h2-5H2,1H3,(H,9,13). The highest BCUT2D eigenvalue weighted by Gasteiger charge is 2.19. The molecule has 1 N–H and O–H groups in total. The quantitative estimate of drug-likeness (QED) is 0.738. The molecule has 76 valence electrons. The van der Waals surface area contributed by atoms with Gasteiger partial charge in [0.05, 0.1) is 0 Å². The second-order valence-corrected chi connectivity index (χ2v) is 3.24. The average Bonchev–Trinajstić information content (AvgIpc) is 2.56. The fraction of sp³-hybridized carbons (Fsp3) is 0.625. The largest absolute Gasteiger partial charge is 0.338 e. The van der Waals surface area contributed by atoms with Crippen molar-refractivity contribution in [3.05, 3.63) is 11.7 Å². The van der Waals surface area contributed by atoms with E-state index >= 15 is 0 Å². The number of rotatable bonds is 2. The summed E-state index contributed by atoms with van der Waals surface area (Å²) in [6.07, 6.45) is 0.957. The highest BCUT2D eigenvalue weighted by molar-refractivity contribution is 5.74. The van der Waals surface area contributed by atoms with Crippen LogP contribution >= 0.6 is 0 Å². The van der Waals surface area contributed by atoms with Gasteiger partial charge in [0.15, 0.2) is 5.82 Å². The van der Waals surface area contributed by atoms with Crippen molar-refractivity contribution in [3.63, 3.8) is 0 Å². The van der Waals surface area contributed by atoms with E-state index < -0.39 is 0 Å². The van der Waals surface area contributed by atoms with E-state index in [1.54, 1.807) is 11.8 Å². The lowest BCUT2D eigenvalue weighted by molar-refractivity contribution is 0.174. The Kier molecular flexibility index (Phi) is 2.34. The van der Waals surface area contributed by atoms with Gasteiger partial charge in [-0.05, 0) is 13.3 Å². The van der Waals surface area contributed by atoms with Crippen molar-refractivity contribution < 1.29 is 9.32 Å². The fourth-order valence-corrected chi connectivity index (χ4v) is 1.40. The molecular formula is C8H12N4O2. The van der Waals surface area contributed by atoms with Crippen LogP contribution < -0.4 is 5.32 Å². The number of carbonyl (C=O) groups is 1. The number of urea groups is 1. The molecule has 14 heavy (non-hydrogen) atoms. The van der Waals surface area contributed by atoms with Gasteiger partial charge in [0.2, 0.25) is 5.89 Å². The van der Waals surface area contributed by atoms with Gasteiger partial charge >= 0.3 is 6.03 Å². The van der Waals surface area contributed by atoms with Crippen molar-refractivity contribution in [2.45, 2.75) is 19.9 Å². The molecular weight excluding hydrogens is 184 g/mol. The first-order chi connectivity index (χ1) is 6.75. The fourth-order valence-electron chi connectivity index (χ4n) is 1.40. The van der Waals surface area contributed by atoms with Crippen molar-refractivity contribution in [1.29, 1.82) is 0 Å². The Bertz CT molecular complexity index is 336. The number of aromatic nitrogens is 2. The molecule has 1 aliphatic rings. The van der Waals surface area contributed by atoms with Crippen LogP contribution in [0.25, 0.3) is 0 Å². The minimum atomic E-state index is -0.0629. The zero-order valence-electron chi connectivity index (χ0n) is 7.99. The lowest BCUT2D eigenvalue weighted by Gasteiger charge is -2.25. The topological polar surface area (TPSA) is 71.3 Å². The van der Waals surface area contributed by atoms with Crippen molar-refractivity contribution in [2.75, 3.05) is 13.1 Å². The summed E-state index contributed by atoms with van der Waals surface area (Å²) in [7, 11) is 0. The summed E-state index contributed by atoms with van der Waals surface area (Å²) in [4.78, 5) is 17.0. The van der Waals surface area contributed by atoms with Crippen molar-refractivity contribution in [1.82, 2.24) is 20.4 Å². The maximum Gasteiger partial charge on any atom is 0.317 e. The van der Waals surface area contributed by atoms with Gasteiger partial charge < -0.3 is 14.7 Å². The molecule has 2 amide bonds. The van der Waals surface area contributed by atoms with E-state index in [2.05, 4.69) is 15.5 Å². The smallest absolute Gasteiger partial charge is 0.317 e. The van der Waals surface area contributed by atoms with Crippen LogP contribution in [0.15, 0.2) is 4.52 Å². The minimum absolute atomic E-state index is 0.0629. The molecule has 1 aromatic rings. The summed E-state index contributed by atoms with van der Waals surface area (Å²) < 4.78 is 4.93. The molecule has 0 saturated carbocycles. The molecule has 0 unspecified atom stereocenters. The normalized spacial score (nSPS) is 16.9. The molecule has 0 aliphatic carbocycles. The molecule has 6 nitrogen and oxygen atoms in total. The number of nitrogens with zero attached hydrogens (tertiary/aromatic N) is 3. The van der Waals surface area contributed by atoms with Crippen LogP contribution in [0.4, 0.5) is 4.79 Å². The summed E-state index contributed by atoms with van der Waals surface area (Å²) in [5.74, 6) is 1.08. The summed E-state index contributed by atoms with van der Waals surface area (Å²) in [5, 5.41) is 6.42. The maximum absolute atomic E-state index is 11.3. The number of hydrogen-bond donors (Lipinski definition) is 1. The van der Waals surface area contributed by atoms with Crippen molar-refractivity contribution >= 4 is 6.03 Å². The van der Waals surface area contributed by atoms with E-state index in [0.29, 0.717) is 18.3 Å². The second-order valence-electron chi connectivity index (χ2n) is 3.24. The van der Waals surface area contributed by atoms with Crippen molar-refractivity contribution in [2.24, 2.45) is 0 Å². The Morgan fingerprint density at radius 1 is 1.64 bits per heavy atom. The number of amides is 2. The first-order valence-corrected chi connectivity index (χ1v) is 4.57. The molecule has 0 bridgehead atoms. The van der Waals surface area contributed by atoms with Crippen LogP contribution in [0.1, 0.15) is 18.1 Å². The van der Waals surface area contributed by atoms with E-state index in [-0.39, 0.29) is 6.03 Å². The first-order valence-electron chi connectivity index (χ1n) is 4.57. The van der Waals surface area contributed by atoms with Crippen molar-refractivity contribution in [3.8, 4) is 0 Å². The first kappa shape index (κ1) is 8.98. The Labute approximate surface area is 81.3 Å². The van der Waals surface area contributed by atoms with E-state index in [4.69, 9.17) is 4.52 Å². The van der Waals surface area contributed by atoms with E-state index in [9.17, 15) is 4.79 Å². The highest BCUT2D eigenvalue weighted by Crippen LogP contribution is 2.05. The predicted octanol–water partition coefficient (Wildman–Crippen LogP) is 0.293. The van der Waals surface area contributed by atoms with Gasteiger partial charge in [-0.25, -0.2) is 4.79 Å². The second kappa shape index (κ2) is 3.65. The average molecular weight is 196 g/mol. The summed E-state index contributed by atoms with van der Waals surface area (Å²) in [5.41, 5.74) is 0. The van der Waals surface area contributed by atoms with Crippen LogP contribution in [0, 0.1) is 6.92 Å². The van der Waals surface area contributed by atoms with E-state index in [1.807, 2.05) is 0 Å². The number of hydrogen-bond acceptors (Lipinski definition) is 4. The molecule has 0 aromatic carbocycles. The van der Waals surface area contributed by atoms with E-state index in [0.717, 1.165) is 19.5 Å². The molecule has 2 rings (SSSR count). The number of carbonyl (C=O) groups excluding carboxylic acids is 1. The van der Waals surface area contributed by atoms with Crippen LogP contribution in [-0.4, -0.2) is 34.2 Å². The Balaban J connectivity index is 1.99. The predicted molar refractivity (Wildman–Crippen MR) is 47.5 cm³/mol. The Morgan fingerprint density at radius 3 is 3.14 bits per heavy atom. The molecule has 1 saturated heterocycles. The van der Waals surface area contributed by atoms with Gasteiger partial charge in [-0.1, -0.05) is 5.16 Å². The third-order valence-electron chi connectivity index (χ3n) is 2.06. The number of aryl methyl sites for hydroxylation is 1. The third kappa shape index (κ3) is 1.84. The molecule has 0 spiro atoms. The van der Waals surface area contributed by atoms with Gasteiger partial charge in [0, 0.05) is 13.1 Å². The van der Waals surface area contributed by atoms with Gasteiger partial charge in [0.25, 0.3) is 0 Å². The molecule has 0 atom stereocenters. The summed E-state index contributed by atoms with van der Waals surface area (Å²) in [6, 6.07) is -0.0629. The summed E-state index contributed by atoms with van der Waals surface area (Å²) in [6.45, 7) is 3.64. The molecule has 0 radical (unpaired) electrons. The van der Waals surface area contributed by atoms with Gasteiger partial charge in [0.1, 0.15) is 6.54 Å². The van der Waals surface area contributed by atoms with Gasteiger partial charge in [-0.15, -0.1) is 0 Å². The zero-order valence-corrected chi connectivity index (χ0v) is 7.99. The third-order valence-corrected chi connectivity index (χ3v) is 2.06. The zero-order chi connectivity index (χ0) is 9.97. The molecule has 1 aromatic heterocycles. The minimum Gasteiger partial charge on any atom is -0.338 e. The molecule has 1 aliphatic heterocycles. The summed E-state index contributed by atoms with van der Waals surface area (Å²) >= 11 is 0. The number of nitrogens with one attached hydrogen (secondary N) is 1. The van der Waals surface area contributed by atoms with Gasteiger partial charge in [-0.2, -0.15) is 4.98 Å². The van der Waals surface area contributed by atoms with E-state index in [1.165, 1.54) is 0 Å². The Morgan fingerprint density at radius 2 is 2.50 bits per heavy atom. The SMILES string of the molecule is Cc1noc(CN2CCCNC2=O)n1. The Hall–Kier alpha value is -1.59. The van der Waals surface area contributed by atoms with Crippen LogP contribution in [0.2, 0.25) is 0 Å². The molecule has 6 heteroatoms. The molecule has 1 fully saturated rings. The molecule has 2 heterocycles. The van der Waals surface area contributed by atoms with Crippen LogP contribution in [0.5, 0.6) is 0 Å². The highest BCUT2D eigenvalue weighted by atomic mass is 16.5. The van der Waals surface area contributed by atoms with Gasteiger partial charge in [-0.3, -0.25) is 0 Å². The lowest BCUT2D eigenvalue weighted by atomic mass is 10.3. The lowest BCUT2D eigenvalue weighted by Crippen LogP contribution is -2.45. The van der Waals surface area contributed by atoms with Crippen LogP contribution in [-0.2, 0) is 6.54 Å². The van der Waals surface area contributed by atoms with Crippen LogP contribution in [0.3, 0.4) is 0 Å². The monoisotopic (exact) mass is 196 g/mol.